The highest BCUT2D eigenvalue weighted by Gasteiger charge is 2.30. The summed E-state index contributed by atoms with van der Waals surface area (Å²) in [5, 5.41) is 6.07. The number of benzene rings is 2. The number of hydrogen-bond donors (Lipinski definition) is 2. The lowest BCUT2D eigenvalue weighted by Gasteiger charge is -2.16. The minimum absolute atomic E-state index is 0.00885. The fourth-order valence-electron chi connectivity index (χ4n) is 3.45. The number of nitrogens with zero attached hydrogens (tertiary/aromatic N) is 2. The summed E-state index contributed by atoms with van der Waals surface area (Å²) in [6, 6.07) is 8.98. The lowest BCUT2D eigenvalue weighted by molar-refractivity contribution is -0.117. The molecule has 2 aromatic carbocycles. The highest BCUT2D eigenvalue weighted by atomic mass is 19.1. The van der Waals surface area contributed by atoms with E-state index in [4.69, 9.17) is 0 Å². The summed E-state index contributed by atoms with van der Waals surface area (Å²) in [6.45, 7) is 4.53. The Labute approximate surface area is 179 Å². The van der Waals surface area contributed by atoms with E-state index in [-0.39, 0.29) is 23.9 Å². The topological polar surface area (TPSA) is 66.9 Å². The molecular formula is C24H24F2N4O. The number of aryl methyl sites for hydroxylation is 2. The van der Waals surface area contributed by atoms with Crippen molar-refractivity contribution in [2.45, 2.75) is 39.8 Å². The first kappa shape index (κ1) is 21.1. The van der Waals surface area contributed by atoms with Gasteiger partial charge in [-0.1, -0.05) is 18.2 Å². The van der Waals surface area contributed by atoms with Crippen LogP contribution in [0, 0.1) is 31.4 Å². The molecule has 0 unspecified atom stereocenters. The van der Waals surface area contributed by atoms with Crippen LogP contribution < -0.4 is 10.6 Å². The highest BCUT2D eigenvalue weighted by Crippen LogP contribution is 2.36. The van der Waals surface area contributed by atoms with E-state index in [2.05, 4.69) is 20.6 Å². The molecule has 31 heavy (non-hydrogen) atoms. The summed E-state index contributed by atoms with van der Waals surface area (Å²) in [4.78, 5) is 20.8. The van der Waals surface area contributed by atoms with Gasteiger partial charge in [-0.05, 0) is 50.5 Å². The molecule has 3 aromatic rings. The van der Waals surface area contributed by atoms with Crippen LogP contribution in [-0.2, 0) is 17.9 Å². The normalized spacial score (nSPS) is 13.3. The minimum atomic E-state index is -0.440. The van der Waals surface area contributed by atoms with E-state index in [0.29, 0.717) is 29.2 Å². The van der Waals surface area contributed by atoms with E-state index in [1.54, 1.807) is 18.3 Å². The van der Waals surface area contributed by atoms with Crippen LogP contribution in [0.1, 0.15) is 35.5 Å². The van der Waals surface area contributed by atoms with E-state index < -0.39 is 11.6 Å². The maximum Gasteiger partial charge on any atom is 0.227 e. The lowest BCUT2D eigenvalue weighted by Crippen LogP contribution is -2.17. The Morgan fingerprint density at radius 2 is 1.74 bits per heavy atom. The Kier molecular flexibility index (Phi) is 6.04. The van der Waals surface area contributed by atoms with Gasteiger partial charge in [0.15, 0.2) is 0 Å². The number of nitrogens with one attached hydrogen (secondary N) is 2. The fourth-order valence-corrected chi connectivity index (χ4v) is 3.45. The fraction of sp³-hybridized carbons (Fsp3) is 0.292. The molecule has 7 heteroatoms. The van der Waals surface area contributed by atoms with Crippen LogP contribution in [-0.4, -0.2) is 15.9 Å². The second-order valence-electron chi connectivity index (χ2n) is 7.86. The first-order chi connectivity index (χ1) is 14.9. The van der Waals surface area contributed by atoms with Crippen molar-refractivity contribution >= 4 is 11.6 Å². The van der Waals surface area contributed by atoms with Crippen LogP contribution in [0.4, 0.5) is 14.5 Å². The van der Waals surface area contributed by atoms with Crippen LogP contribution in [0.5, 0.6) is 0 Å². The van der Waals surface area contributed by atoms with Crippen molar-refractivity contribution in [2.24, 2.45) is 5.92 Å². The van der Waals surface area contributed by atoms with E-state index >= 15 is 4.39 Å². The molecule has 1 aliphatic carbocycles. The summed E-state index contributed by atoms with van der Waals surface area (Å²) in [7, 11) is 0. The van der Waals surface area contributed by atoms with Gasteiger partial charge in [-0.3, -0.25) is 4.79 Å². The number of carbonyl (C=O) groups excluding carboxylic acids is 1. The molecule has 1 fully saturated rings. The first-order valence-corrected chi connectivity index (χ1v) is 10.3. The van der Waals surface area contributed by atoms with Gasteiger partial charge in [-0.25, -0.2) is 18.7 Å². The molecule has 2 N–H and O–H groups in total. The Bertz CT molecular complexity index is 1110. The van der Waals surface area contributed by atoms with Crippen molar-refractivity contribution in [1.29, 1.82) is 0 Å². The lowest BCUT2D eigenvalue weighted by atomic mass is 9.99. The molecule has 1 aliphatic rings. The Hall–Kier alpha value is -3.19. The van der Waals surface area contributed by atoms with Crippen LogP contribution in [0.2, 0.25) is 0 Å². The molecule has 5 nitrogen and oxygen atoms in total. The molecule has 1 aromatic heterocycles. The number of aromatic nitrogens is 2. The van der Waals surface area contributed by atoms with Crippen LogP contribution in [0.15, 0.2) is 42.6 Å². The van der Waals surface area contributed by atoms with Crippen molar-refractivity contribution in [2.75, 3.05) is 5.32 Å². The average Bonchev–Trinajstić information content (AvgIpc) is 3.58. The zero-order valence-electron chi connectivity index (χ0n) is 17.5. The molecule has 0 bridgehead atoms. The van der Waals surface area contributed by atoms with Gasteiger partial charge in [0, 0.05) is 47.6 Å². The zero-order valence-corrected chi connectivity index (χ0v) is 17.5. The number of hydrogen-bond acceptors (Lipinski definition) is 4. The Balaban J connectivity index is 1.58. The SMILES string of the molecule is Cc1ncc(CNCc2ccc(NC(=O)C3CC3)c(-c3ccc(F)cc3)c2F)c(C)n1. The number of rotatable bonds is 7. The molecule has 1 saturated carbocycles. The zero-order chi connectivity index (χ0) is 22.0. The molecule has 0 atom stereocenters. The van der Waals surface area contributed by atoms with Crippen molar-refractivity contribution in [3.8, 4) is 11.1 Å². The second-order valence-corrected chi connectivity index (χ2v) is 7.86. The van der Waals surface area contributed by atoms with E-state index in [1.165, 1.54) is 24.3 Å². The molecule has 160 valence electrons. The molecule has 1 amide bonds. The van der Waals surface area contributed by atoms with Crippen LogP contribution >= 0.6 is 0 Å². The van der Waals surface area contributed by atoms with Gasteiger partial charge >= 0.3 is 0 Å². The standard InChI is InChI=1S/C24H24F2N4O/c1-14-19(13-28-15(2)29-14)12-27-11-18-7-10-21(30-24(31)17-3-4-17)22(23(18)26)16-5-8-20(25)9-6-16/h5-10,13,17,27H,3-4,11-12H2,1-2H3,(H,30,31). The second kappa shape index (κ2) is 8.89. The van der Waals surface area contributed by atoms with E-state index in [0.717, 1.165) is 24.1 Å². The van der Waals surface area contributed by atoms with Gasteiger partial charge in [-0.2, -0.15) is 0 Å². The molecule has 0 spiro atoms. The van der Waals surface area contributed by atoms with Crippen LogP contribution in [0.25, 0.3) is 11.1 Å². The third-order valence-electron chi connectivity index (χ3n) is 5.39. The molecular weight excluding hydrogens is 398 g/mol. The average molecular weight is 422 g/mol. The van der Waals surface area contributed by atoms with Crippen molar-refractivity contribution < 1.29 is 13.6 Å². The van der Waals surface area contributed by atoms with E-state index in [9.17, 15) is 9.18 Å². The minimum Gasteiger partial charge on any atom is -0.325 e. The number of carbonyl (C=O) groups is 1. The monoisotopic (exact) mass is 422 g/mol. The van der Waals surface area contributed by atoms with E-state index in [1.807, 2.05) is 13.8 Å². The highest BCUT2D eigenvalue weighted by molar-refractivity contribution is 5.98. The number of amides is 1. The number of halogens is 2. The smallest absolute Gasteiger partial charge is 0.227 e. The Morgan fingerprint density at radius 1 is 1.03 bits per heavy atom. The maximum atomic E-state index is 15.5. The molecule has 0 aliphatic heterocycles. The van der Waals surface area contributed by atoms with Crippen LogP contribution in [0.3, 0.4) is 0 Å². The predicted molar refractivity (Wildman–Crippen MR) is 115 cm³/mol. The van der Waals surface area contributed by atoms with Gasteiger partial charge in [0.2, 0.25) is 5.91 Å². The molecule has 4 rings (SSSR count). The summed E-state index contributed by atoms with van der Waals surface area (Å²) in [5.74, 6) is -0.250. The third kappa shape index (κ3) is 4.94. The van der Waals surface area contributed by atoms with Crippen molar-refractivity contribution in [1.82, 2.24) is 15.3 Å². The van der Waals surface area contributed by atoms with Gasteiger partial charge in [0.05, 0.1) is 5.69 Å². The summed E-state index contributed by atoms with van der Waals surface area (Å²) in [5.41, 5.74) is 3.45. The van der Waals surface area contributed by atoms with Gasteiger partial charge < -0.3 is 10.6 Å². The first-order valence-electron chi connectivity index (χ1n) is 10.3. The molecule has 1 heterocycles. The van der Waals surface area contributed by atoms with Gasteiger partial charge in [0.1, 0.15) is 17.5 Å². The third-order valence-corrected chi connectivity index (χ3v) is 5.39. The summed E-state index contributed by atoms with van der Waals surface area (Å²) < 4.78 is 28.9. The summed E-state index contributed by atoms with van der Waals surface area (Å²) >= 11 is 0. The quantitative estimate of drug-likeness (QED) is 0.580. The number of anilines is 1. The van der Waals surface area contributed by atoms with Crippen molar-refractivity contribution in [3.05, 3.63) is 76.9 Å². The predicted octanol–water partition coefficient (Wildman–Crippen LogP) is 4.68. The van der Waals surface area contributed by atoms with Gasteiger partial charge in [-0.15, -0.1) is 0 Å². The molecule has 0 radical (unpaired) electrons. The van der Waals surface area contributed by atoms with Gasteiger partial charge in [0.25, 0.3) is 0 Å². The Morgan fingerprint density at radius 3 is 2.42 bits per heavy atom. The summed E-state index contributed by atoms with van der Waals surface area (Å²) in [6.07, 6.45) is 3.47. The molecule has 0 saturated heterocycles. The van der Waals surface area contributed by atoms with Crippen molar-refractivity contribution in [3.63, 3.8) is 0 Å². The maximum absolute atomic E-state index is 15.5. The largest absolute Gasteiger partial charge is 0.325 e.